The van der Waals surface area contributed by atoms with Gasteiger partial charge in [0.1, 0.15) is 11.9 Å². The number of nitrogens with zero attached hydrogens (tertiary/aromatic N) is 2. The molecule has 1 aliphatic carbocycles. The molecule has 0 saturated heterocycles. The van der Waals surface area contributed by atoms with Crippen molar-refractivity contribution in [3.05, 3.63) is 58.2 Å². The average Bonchev–Trinajstić information content (AvgIpc) is 2.95. The Balaban J connectivity index is 1.67. The first-order valence-corrected chi connectivity index (χ1v) is 10.0. The van der Waals surface area contributed by atoms with Crippen LogP contribution in [0.1, 0.15) is 61.3 Å². The maximum absolute atomic E-state index is 14.8. The van der Waals surface area contributed by atoms with Crippen LogP contribution >= 0.6 is 0 Å². The number of hydrogen-bond donors (Lipinski definition) is 1. The van der Waals surface area contributed by atoms with Gasteiger partial charge in [0, 0.05) is 42.5 Å². The van der Waals surface area contributed by atoms with E-state index in [0.717, 1.165) is 40.9 Å². The molecule has 2 aromatic rings. The SMILES string of the molecule is CC(=O)N1CCc2nc(C)ccc2C1C(=O)Nc1cc(F)c2c(c1)CCC2(C)C. The Morgan fingerprint density at radius 3 is 2.72 bits per heavy atom. The summed E-state index contributed by atoms with van der Waals surface area (Å²) in [6.45, 7) is 7.88. The molecule has 6 heteroatoms. The van der Waals surface area contributed by atoms with Crippen LogP contribution in [0.15, 0.2) is 24.3 Å². The van der Waals surface area contributed by atoms with Crippen LogP contribution in [0.5, 0.6) is 0 Å². The molecule has 2 amide bonds. The molecular weight excluding hydrogens is 369 g/mol. The van der Waals surface area contributed by atoms with Gasteiger partial charge in [-0.05, 0) is 54.5 Å². The normalized spacial score (nSPS) is 19.5. The Bertz CT molecular complexity index is 1020. The van der Waals surface area contributed by atoms with E-state index < -0.39 is 6.04 Å². The molecule has 1 aromatic carbocycles. The predicted molar refractivity (Wildman–Crippen MR) is 109 cm³/mol. The lowest BCUT2D eigenvalue weighted by Gasteiger charge is -2.35. The summed E-state index contributed by atoms with van der Waals surface area (Å²) in [5, 5.41) is 2.85. The van der Waals surface area contributed by atoms with Crippen molar-refractivity contribution in [3.8, 4) is 0 Å². The third-order valence-corrected chi connectivity index (χ3v) is 6.13. The molecule has 0 saturated carbocycles. The van der Waals surface area contributed by atoms with Crippen molar-refractivity contribution in [2.45, 2.75) is 58.4 Å². The monoisotopic (exact) mass is 395 g/mol. The first kappa shape index (κ1) is 19.6. The van der Waals surface area contributed by atoms with Crippen LogP contribution in [0.4, 0.5) is 10.1 Å². The highest BCUT2D eigenvalue weighted by atomic mass is 19.1. The molecule has 1 aromatic heterocycles. The minimum Gasteiger partial charge on any atom is -0.326 e. The maximum atomic E-state index is 14.8. The summed E-state index contributed by atoms with van der Waals surface area (Å²) >= 11 is 0. The Kier molecular flexibility index (Phi) is 4.68. The van der Waals surface area contributed by atoms with Crippen molar-refractivity contribution in [1.82, 2.24) is 9.88 Å². The summed E-state index contributed by atoms with van der Waals surface area (Å²) < 4.78 is 14.8. The number of aromatic nitrogens is 1. The first-order chi connectivity index (χ1) is 13.7. The van der Waals surface area contributed by atoms with E-state index in [0.29, 0.717) is 18.7 Å². The predicted octanol–water partition coefficient (Wildman–Crippen LogP) is 3.84. The van der Waals surface area contributed by atoms with Gasteiger partial charge in [-0.25, -0.2) is 4.39 Å². The molecule has 2 heterocycles. The molecule has 29 heavy (non-hydrogen) atoms. The third kappa shape index (κ3) is 3.41. The Morgan fingerprint density at radius 2 is 2.00 bits per heavy atom. The number of rotatable bonds is 2. The Hall–Kier alpha value is -2.76. The standard InChI is InChI=1S/C23H26FN3O2/c1-13-5-6-17-19(25-13)8-10-27(14(2)28)21(17)22(29)26-16-11-15-7-9-23(3,4)20(15)18(24)12-16/h5-6,11-12,21H,7-10H2,1-4H3,(H,26,29). The van der Waals surface area contributed by atoms with E-state index >= 15 is 0 Å². The minimum absolute atomic E-state index is 0.168. The van der Waals surface area contributed by atoms with Crippen LogP contribution in [-0.2, 0) is 27.8 Å². The van der Waals surface area contributed by atoms with Crippen molar-refractivity contribution < 1.29 is 14.0 Å². The van der Waals surface area contributed by atoms with E-state index in [2.05, 4.69) is 10.3 Å². The van der Waals surface area contributed by atoms with Gasteiger partial charge in [0.05, 0.1) is 0 Å². The zero-order valence-electron chi connectivity index (χ0n) is 17.3. The van der Waals surface area contributed by atoms with E-state index in [9.17, 15) is 14.0 Å². The highest BCUT2D eigenvalue weighted by molar-refractivity contribution is 5.98. The Morgan fingerprint density at radius 1 is 1.24 bits per heavy atom. The summed E-state index contributed by atoms with van der Waals surface area (Å²) in [6, 6.07) is 6.19. The highest BCUT2D eigenvalue weighted by Gasteiger charge is 2.36. The fourth-order valence-corrected chi connectivity index (χ4v) is 4.69. The highest BCUT2D eigenvalue weighted by Crippen LogP contribution is 2.41. The topological polar surface area (TPSA) is 62.3 Å². The molecule has 0 fully saturated rings. The largest absolute Gasteiger partial charge is 0.326 e. The lowest BCUT2D eigenvalue weighted by molar-refractivity contribution is -0.137. The second-order valence-electron chi connectivity index (χ2n) is 8.72. The second-order valence-corrected chi connectivity index (χ2v) is 8.72. The molecule has 2 aliphatic rings. The van der Waals surface area contributed by atoms with Crippen molar-refractivity contribution in [2.24, 2.45) is 0 Å². The lowest BCUT2D eigenvalue weighted by atomic mass is 9.86. The van der Waals surface area contributed by atoms with Gasteiger partial charge in [-0.1, -0.05) is 19.9 Å². The molecule has 0 radical (unpaired) electrons. The van der Waals surface area contributed by atoms with E-state index in [-0.39, 0.29) is 23.0 Å². The zero-order valence-corrected chi connectivity index (χ0v) is 17.3. The molecule has 0 bridgehead atoms. The van der Waals surface area contributed by atoms with E-state index in [1.165, 1.54) is 13.0 Å². The number of aryl methyl sites for hydroxylation is 2. The van der Waals surface area contributed by atoms with Gasteiger partial charge < -0.3 is 10.2 Å². The van der Waals surface area contributed by atoms with Gasteiger partial charge in [-0.3, -0.25) is 14.6 Å². The minimum atomic E-state index is -0.767. The molecule has 5 nitrogen and oxygen atoms in total. The van der Waals surface area contributed by atoms with Crippen molar-refractivity contribution in [3.63, 3.8) is 0 Å². The van der Waals surface area contributed by atoms with Crippen LogP contribution < -0.4 is 5.32 Å². The number of benzene rings is 1. The van der Waals surface area contributed by atoms with Crippen LogP contribution in [0.2, 0.25) is 0 Å². The number of carbonyl (C=O) groups is 2. The van der Waals surface area contributed by atoms with Gasteiger partial charge in [-0.15, -0.1) is 0 Å². The second kappa shape index (κ2) is 6.94. The number of nitrogens with one attached hydrogen (secondary N) is 1. The summed E-state index contributed by atoms with van der Waals surface area (Å²) in [4.78, 5) is 31.5. The van der Waals surface area contributed by atoms with Gasteiger partial charge in [0.25, 0.3) is 5.91 Å². The molecule has 1 N–H and O–H groups in total. The van der Waals surface area contributed by atoms with Crippen LogP contribution in [0, 0.1) is 12.7 Å². The first-order valence-electron chi connectivity index (χ1n) is 10.0. The Labute approximate surface area is 170 Å². The van der Waals surface area contributed by atoms with Gasteiger partial charge in [0.15, 0.2) is 0 Å². The smallest absolute Gasteiger partial charge is 0.251 e. The maximum Gasteiger partial charge on any atom is 0.251 e. The van der Waals surface area contributed by atoms with Crippen molar-refractivity contribution in [1.29, 1.82) is 0 Å². The van der Waals surface area contributed by atoms with Gasteiger partial charge in [-0.2, -0.15) is 0 Å². The van der Waals surface area contributed by atoms with Crippen LogP contribution in [0.25, 0.3) is 0 Å². The summed E-state index contributed by atoms with van der Waals surface area (Å²) in [7, 11) is 0. The van der Waals surface area contributed by atoms with Crippen molar-refractivity contribution in [2.75, 3.05) is 11.9 Å². The van der Waals surface area contributed by atoms with E-state index in [1.807, 2.05) is 39.0 Å². The molecule has 1 aliphatic heterocycles. The molecule has 1 unspecified atom stereocenters. The van der Waals surface area contributed by atoms with Gasteiger partial charge >= 0.3 is 0 Å². The fourth-order valence-electron chi connectivity index (χ4n) is 4.69. The number of amides is 2. The average molecular weight is 395 g/mol. The number of pyridine rings is 1. The molecule has 0 spiro atoms. The number of carbonyl (C=O) groups excluding carboxylic acids is 2. The summed E-state index contributed by atoms with van der Waals surface area (Å²) in [5.74, 6) is -0.799. The molecule has 152 valence electrons. The summed E-state index contributed by atoms with van der Waals surface area (Å²) in [6.07, 6.45) is 2.29. The molecule has 1 atom stereocenters. The fraction of sp³-hybridized carbons (Fsp3) is 0.435. The van der Waals surface area contributed by atoms with Crippen LogP contribution in [0.3, 0.4) is 0 Å². The van der Waals surface area contributed by atoms with E-state index in [1.54, 1.807) is 4.90 Å². The number of halogens is 1. The summed E-state index contributed by atoms with van der Waals surface area (Å²) in [5.41, 5.74) is 4.36. The zero-order chi connectivity index (χ0) is 20.9. The van der Waals surface area contributed by atoms with E-state index in [4.69, 9.17) is 0 Å². The van der Waals surface area contributed by atoms with Crippen molar-refractivity contribution >= 4 is 17.5 Å². The van der Waals surface area contributed by atoms with Crippen LogP contribution in [-0.4, -0.2) is 28.2 Å². The number of anilines is 1. The third-order valence-electron chi connectivity index (χ3n) is 6.13. The quantitative estimate of drug-likeness (QED) is 0.840. The molecular formula is C23H26FN3O2. The lowest BCUT2D eigenvalue weighted by Crippen LogP contribution is -2.44. The van der Waals surface area contributed by atoms with Gasteiger partial charge in [0.2, 0.25) is 5.91 Å². The number of fused-ring (bicyclic) bond motifs is 2. The molecule has 4 rings (SSSR count). The number of hydrogen-bond acceptors (Lipinski definition) is 3.